The lowest BCUT2D eigenvalue weighted by molar-refractivity contribution is 0.542. The van der Waals surface area contributed by atoms with Gasteiger partial charge in [0.15, 0.2) is 0 Å². The number of allylic oxidation sites excluding steroid dienone is 4. The van der Waals surface area contributed by atoms with Crippen molar-refractivity contribution >= 4 is 0 Å². The Morgan fingerprint density at radius 3 is 2.53 bits per heavy atom. The third-order valence-corrected chi connectivity index (χ3v) is 3.05. The van der Waals surface area contributed by atoms with Crippen molar-refractivity contribution in [2.45, 2.75) is 19.3 Å². The Morgan fingerprint density at radius 1 is 1.20 bits per heavy atom. The molecule has 0 heterocycles. The van der Waals surface area contributed by atoms with Gasteiger partial charge in [-0.15, -0.1) is 0 Å². The van der Waals surface area contributed by atoms with Crippen LogP contribution in [-0.2, 0) is 0 Å². The lowest BCUT2D eigenvalue weighted by Crippen LogP contribution is -2.08. The number of rotatable bonds is 2. The second kappa shape index (κ2) is 4.43. The molecule has 1 aliphatic rings. The third kappa shape index (κ3) is 2.35. The largest absolute Gasteiger partial charge is 0.207 e. The van der Waals surface area contributed by atoms with Crippen LogP contribution in [0, 0.1) is 11.7 Å². The molecule has 0 saturated carbocycles. The van der Waals surface area contributed by atoms with Crippen LogP contribution in [0.15, 0.2) is 48.6 Å². The molecule has 2 atom stereocenters. The molecule has 0 amide bonds. The van der Waals surface area contributed by atoms with E-state index in [0.717, 1.165) is 6.42 Å². The van der Waals surface area contributed by atoms with Gasteiger partial charge in [-0.05, 0) is 36.0 Å². The lowest BCUT2D eigenvalue weighted by Gasteiger charge is -2.21. The molecule has 1 heteroatoms. The van der Waals surface area contributed by atoms with Crippen LogP contribution >= 0.6 is 0 Å². The van der Waals surface area contributed by atoms with Gasteiger partial charge in [0.2, 0.25) is 0 Å². The van der Waals surface area contributed by atoms with E-state index in [4.69, 9.17) is 0 Å². The summed E-state index contributed by atoms with van der Waals surface area (Å²) in [5.41, 5.74) is 1.21. The van der Waals surface area contributed by atoms with E-state index in [-0.39, 0.29) is 5.82 Å². The summed E-state index contributed by atoms with van der Waals surface area (Å²) in [6.07, 6.45) is 9.66. The van der Waals surface area contributed by atoms with E-state index in [1.807, 2.05) is 12.1 Å². The Balaban J connectivity index is 2.13. The highest BCUT2D eigenvalue weighted by Crippen LogP contribution is 2.29. The highest BCUT2D eigenvalue weighted by atomic mass is 19.1. The first-order chi connectivity index (χ1) is 7.27. The molecule has 0 bridgehead atoms. The van der Waals surface area contributed by atoms with Crippen LogP contribution in [0.25, 0.3) is 0 Å². The quantitative estimate of drug-likeness (QED) is 0.678. The molecule has 1 aromatic rings. The summed E-state index contributed by atoms with van der Waals surface area (Å²) in [7, 11) is 0. The molecule has 1 aliphatic carbocycles. The van der Waals surface area contributed by atoms with Crippen LogP contribution in [0.2, 0.25) is 0 Å². The summed E-state index contributed by atoms with van der Waals surface area (Å²) in [4.78, 5) is 0. The van der Waals surface area contributed by atoms with E-state index >= 15 is 0 Å². The van der Waals surface area contributed by atoms with E-state index in [1.54, 1.807) is 0 Å². The average Bonchev–Trinajstić information content (AvgIpc) is 2.30. The first-order valence-electron chi connectivity index (χ1n) is 5.36. The number of hydrogen-bond donors (Lipinski definition) is 0. The Labute approximate surface area is 90.1 Å². The van der Waals surface area contributed by atoms with Crippen molar-refractivity contribution in [3.05, 3.63) is 60.0 Å². The molecule has 0 saturated heterocycles. The summed E-state index contributed by atoms with van der Waals surface area (Å²) in [5, 5.41) is 0. The summed E-state index contributed by atoms with van der Waals surface area (Å²) < 4.78 is 12.8. The topological polar surface area (TPSA) is 0 Å². The molecule has 0 spiro atoms. The maximum atomic E-state index is 12.8. The van der Waals surface area contributed by atoms with Gasteiger partial charge in [-0.1, -0.05) is 43.4 Å². The summed E-state index contributed by atoms with van der Waals surface area (Å²) in [6.45, 7) is 2.20. The predicted molar refractivity (Wildman–Crippen MR) is 61.2 cm³/mol. The molecule has 78 valence electrons. The highest BCUT2D eigenvalue weighted by Gasteiger charge is 2.16. The minimum atomic E-state index is -0.162. The van der Waals surface area contributed by atoms with E-state index in [1.165, 1.54) is 17.7 Å². The molecule has 0 aromatic heterocycles. The Kier molecular flexibility index (Phi) is 3.00. The van der Waals surface area contributed by atoms with E-state index < -0.39 is 0 Å². The third-order valence-electron chi connectivity index (χ3n) is 3.05. The zero-order valence-corrected chi connectivity index (χ0v) is 8.86. The second-order valence-corrected chi connectivity index (χ2v) is 4.05. The van der Waals surface area contributed by atoms with Crippen molar-refractivity contribution < 1.29 is 4.39 Å². The highest BCUT2D eigenvalue weighted by molar-refractivity contribution is 5.24. The minimum absolute atomic E-state index is 0.162. The Bertz CT molecular complexity index is 373. The van der Waals surface area contributed by atoms with Crippen LogP contribution in [0.1, 0.15) is 24.8 Å². The molecule has 15 heavy (non-hydrogen) atoms. The maximum absolute atomic E-state index is 12.8. The molecular weight excluding hydrogens is 187 g/mol. The fraction of sp³-hybridized carbons (Fsp3) is 0.286. The van der Waals surface area contributed by atoms with Crippen molar-refractivity contribution in [1.82, 2.24) is 0 Å². The van der Waals surface area contributed by atoms with Gasteiger partial charge in [0.25, 0.3) is 0 Å². The van der Waals surface area contributed by atoms with Gasteiger partial charge in [0.1, 0.15) is 5.82 Å². The molecule has 1 aromatic carbocycles. The minimum Gasteiger partial charge on any atom is -0.207 e. The molecule has 0 fully saturated rings. The van der Waals surface area contributed by atoms with Crippen LogP contribution in [0.3, 0.4) is 0 Å². The molecular formula is C14H15F. The van der Waals surface area contributed by atoms with Crippen molar-refractivity contribution in [1.29, 1.82) is 0 Å². The summed E-state index contributed by atoms with van der Waals surface area (Å²) >= 11 is 0. The van der Waals surface area contributed by atoms with Crippen LogP contribution < -0.4 is 0 Å². The molecule has 2 unspecified atom stereocenters. The number of hydrogen-bond acceptors (Lipinski definition) is 0. The Hall–Kier alpha value is -1.37. The monoisotopic (exact) mass is 202 g/mol. The lowest BCUT2D eigenvalue weighted by atomic mass is 9.83. The number of halogens is 1. The average molecular weight is 202 g/mol. The van der Waals surface area contributed by atoms with Crippen molar-refractivity contribution in [2.75, 3.05) is 0 Å². The zero-order chi connectivity index (χ0) is 10.7. The molecule has 2 rings (SSSR count). The fourth-order valence-corrected chi connectivity index (χ4v) is 1.98. The van der Waals surface area contributed by atoms with Gasteiger partial charge >= 0.3 is 0 Å². The molecule has 0 N–H and O–H groups in total. The van der Waals surface area contributed by atoms with Crippen LogP contribution in [0.4, 0.5) is 4.39 Å². The fourth-order valence-electron chi connectivity index (χ4n) is 1.98. The summed E-state index contributed by atoms with van der Waals surface area (Å²) in [5.74, 6) is 0.831. The first-order valence-corrected chi connectivity index (χ1v) is 5.36. The van der Waals surface area contributed by atoms with Gasteiger partial charge in [0, 0.05) is 0 Å². The van der Waals surface area contributed by atoms with Crippen LogP contribution in [-0.4, -0.2) is 0 Å². The van der Waals surface area contributed by atoms with E-state index in [9.17, 15) is 4.39 Å². The van der Waals surface area contributed by atoms with E-state index in [0.29, 0.717) is 11.8 Å². The van der Waals surface area contributed by atoms with Crippen molar-refractivity contribution in [3.8, 4) is 0 Å². The molecule has 0 nitrogen and oxygen atoms in total. The van der Waals surface area contributed by atoms with Crippen molar-refractivity contribution in [2.24, 2.45) is 5.92 Å². The standard InChI is InChI=1S/C14H15F/c1-11(12-5-3-2-4-6-12)13-7-9-14(15)10-8-13/h2-5,7-12H,6H2,1H3. The van der Waals surface area contributed by atoms with Gasteiger partial charge in [-0.2, -0.15) is 0 Å². The molecule has 0 radical (unpaired) electrons. The van der Waals surface area contributed by atoms with Gasteiger partial charge in [-0.3, -0.25) is 0 Å². The van der Waals surface area contributed by atoms with Gasteiger partial charge in [0.05, 0.1) is 0 Å². The zero-order valence-electron chi connectivity index (χ0n) is 8.86. The SMILES string of the molecule is CC(c1ccc(F)cc1)C1C=CC=CC1. The summed E-state index contributed by atoms with van der Waals surface area (Å²) in [6, 6.07) is 6.83. The first kappa shape index (κ1) is 10.2. The van der Waals surface area contributed by atoms with Gasteiger partial charge in [-0.25, -0.2) is 4.39 Å². The predicted octanol–water partition coefficient (Wildman–Crippen LogP) is 4.06. The van der Waals surface area contributed by atoms with Crippen molar-refractivity contribution in [3.63, 3.8) is 0 Å². The Morgan fingerprint density at radius 2 is 1.93 bits per heavy atom. The van der Waals surface area contributed by atoms with Gasteiger partial charge < -0.3 is 0 Å². The number of benzene rings is 1. The van der Waals surface area contributed by atoms with Crippen LogP contribution in [0.5, 0.6) is 0 Å². The smallest absolute Gasteiger partial charge is 0.123 e. The van der Waals surface area contributed by atoms with E-state index in [2.05, 4.69) is 31.2 Å². The second-order valence-electron chi connectivity index (χ2n) is 4.05. The normalized spacial score (nSPS) is 21.6. The molecule has 0 aliphatic heterocycles. The maximum Gasteiger partial charge on any atom is 0.123 e.